The number of hydrogen-bond donors (Lipinski definition) is 0. The van der Waals surface area contributed by atoms with Gasteiger partial charge in [-0.1, -0.05) is 96.8 Å². The summed E-state index contributed by atoms with van der Waals surface area (Å²) in [5.74, 6) is -0.0271. The molecule has 0 saturated heterocycles. The van der Waals surface area contributed by atoms with Gasteiger partial charge in [-0.2, -0.15) is 0 Å². The summed E-state index contributed by atoms with van der Waals surface area (Å²) in [4.78, 5) is 16.2. The van der Waals surface area contributed by atoms with Gasteiger partial charge in [-0.05, 0) is 27.6 Å². The lowest BCUT2D eigenvalue weighted by Gasteiger charge is -2.18. The molecule has 0 atom stereocenters. The Morgan fingerprint density at radius 1 is 0.621 bits per heavy atom. The number of nitrogens with zero attached hydrogens (tertiary/aromatic N) is 2. The highest BCUT2D eigenvalue weighted by molar-refractivity contribution is 5.69. The quantitative estimate of drug-likeness (QED) is 0.155. The van der Waals surface area contributed by atoms with Crippen molar-refractivity contribution in [2.45, 2.75) is 110 Å². The Morgan fingerprint density at radius 2 is 1.07 bits per heavy atom. The molecule has 0 spiro atoms. The number of hydrogen-bond acceptors (Lipinski definition) is 4. The van der Waals surface area contributed by atoms with Crippen LogP contribution in [-0.2, 0) is 9.53 Å². The van der Waals surface area contributed by atoms with Crippen LogP contribution in [-0.4, -0.2) is 63.2 Å². The second-order valence-electron chi connectivity index (χ2n) is 9.03. The number of ether oxygens (including phenoxy) is 1. The molecule has 0 heterocycles. The van der Waals surface area contributed by atoms with E-state index in [1.807, 2.05) is 0 Å². The molecule has 174 valence electrons. The second-order valence-corrected chi connectivity index (χ2v) is 9.03. The van der Waals surface area contributed by atoms with E-state index in [0.717, 1.165) is 32.5 Å². The van der Waals surface area contributed by atoms with Crippen LogP contribution < -0.4 is 0 Å². The monoisotopic (exact) mass is 412 g/mol. The zero-order valence-electron chi connectivity index (χ0n) is 20.4. The second kappa shape index (κ2) is 22.1. The third-order valence-electron chi connectivity index (χ3n) is 5.65. The van der Waals surface area contributed by atoms with E-state index in [2.05, 4.69) is 37.9 Å². The summed E-state index contributed by atoms with van der Waals surface area (Å²) in [5.41, 5.74) is 0. The van der Waals surface area contributed by atoms with Gasteiger partial charge >= 0.3 is 5.97 Å². The first kappa shape index (κ1) is 28.4. The Hall–Kier alpha value is -0.610. The number of carbonyl (C=O) groups excluding carboxylic acids is 1. The first-order valence-electron chi connectivity index (χ1n) is 12.5. The van der Waals surface area contributed by atoms with Gasteiger partial charge in [0, 0.05) is 26.1 Å². The molecule has 0 unspecified atom stereocenters. The predicted molar refractivity (Wildman–Crippen MR) is 127 cm³/mol. The van der Waals surface area contributed by atoms with Crippen molar-refractivity contribution in [1.82, 2.24) is 9.80 Å². The fourth-order valence-corrected chi connectivity index (χ4v) is 3.51. The smallest absolute Gasteiger partial charge is 0.305 e. The van der Waals surface area contributed by atoms with Crippen LogP contribution in [0.4, 0.5) is 0 Å². The van der Waals surface area contributed by atoms with Gasteiger partial charge in [0.05, 0.1) is 0 Å². The van der Waals surface area contributed by atoms with E-state index in [-0.39, 0.29) is 5.97 Å². The molecule has 0 rings (SSSR count). The maximum Gasteiger partial charge on any atom is 0.305 e. The number of esters is 1. The molecule has 0 aromatic heterocycles. The molecule has 0 amide bonds. The SMILES string of the molecule is CCCCCCCCCCCCCCCCCC(=O)OCCN(C)CCN(C)C. The third kappa shape index (κ3) is 23.5. The van der Waals surface area contributed by atoms with Crippen LogP contribution in [0.25, 0.3) is 0 Å². The maximum atomic E-state index is 11.8. The average Bonchev–Trinajstić information content (AvgIpc) is 2.69. The Morgan fingerprint density at radius 3 is 1.52 bits per heavy atom. The van der Waals surface area contributed by atoms with Crippen molar-refractivity contribution in [3.05, 3.63) is 0 Å². The minimum atomic E-state index is -0.0271. The first-order valence-corrected chi connectivity index (χ1v) is 12.5. The van der Waals surface area contributed by atoms with Crippen LogP contribution in [0.15, 0.2) is 0 Å². The zero-order valence-corrected chi connectivity index (χ0v) is 20.4. The average molecular weight is 413 g/mol. The summed E-state index contributed by atoms with van der Waals surface area (Å²) in [6.07, 6.45) is 20.8. The van der Waals surface area contributed by atoms with Crippen molar-refractivity contribution in [3.8, 4) is 0 Å². The van der Waals surface area contributed by atoms with Gasteiger partial charge in [0.2, 0.25) is 0 Å². The molecule has 0 aliphatic rings. The van der Waals surface area contributed by atoms with E-state index in [9.17, 15) is 4.79 Å². The summed E-state index contributed by atoms with van der Waals surface area (Å²) in [7, 11) is 6.22. The summed E-state index contributed by atoms with van der Waals surface area (Å²) >= 11 is 0. The van der Waals surface area contributed by atoms with Gasteiger partial charge in [0.25, 0.3) is 0 Å². The largest absolute Gasteiger partial charge is 0.464 e. The van der Waals surface area contributed by atoms with Crippen molar-refractivity contribution >= 4 is 5.97 Å². The predicted octanol–water partition coefficient (Wildman–Crippen LogP) is 6.28. The Balaban J connectivity index is 3.23. The van der Waals surface area contributed by atoms with Crippen molar-refractivity contribution in [3.63, 3.8) is 0 Å². The van der Waals surface area contributed by atoms with Gasteiger partial charge in [0.15, 0.2) is 0 Å². The van der Waals surface area contributed by atoms with Crippen LogP contribution >= 0.6 is 0 Å². The minimum Gasteiger partial charge on any atom is -0.464 e. The first-order chi connectivity index (χ1) is 14.1. The topological polar surface area (TPSA) is 32.8 Å². The molecule has 0 aliphatic heterocycles. The highest BCUT2D eigenvalue weighted by Gasteiger charge is 2.04. The Kier molecular flexibility index (Phi) is 21.6. The van der Waals surface area contributed by atoms with Crippen LogP contribution in [0.1, 0.15) is 110 Å². The van der Waals surface area contributed by atoms with Crippen molar-refractivity contribution in [2.75, 3.05) is 47.4 Å². The standard InChI is InChI=1S/C25H52N2O2/c1-5-6-7-8-9-10-11-12-13-14-15-16-17-18-19-20-25(28)29-24-23-27(4)22-21-26(2)3/h5-24H2,1-4H3. The number of likely N-dealkylation sites (N-methyl/N-ethyl adjacent to an activating group) is 2. The van der Waals surface area contributed by atoms with Gasteiger partial charge in [-0.15, -0.1) is 0 Å². The normalized spacial score (nSPS) is 11.5. The summed E-state index contributed by atoms with van der Waals surface area (Å²) in [6, 6.07) is 0. The molecule has 0 aliphatic carbocycles. The number of unbranched alkanes of at least 4 members (excludes halogenated alkanes) is 14. The highest BCUT2D eigenvalue weighted by atomic mass is 16.5. The van der Waals surface area contributed by atoms with E-state index in [4.69, 9.17) is 4.74 Å². The van der Waals surface area contributed by atoms with Crippen molar-refractivity contribution in [2.24, 2.45) is 0 Å². The van der Waals surface area contributed by atoms with Crippen LogP contribution in [0, 0.1) is 0 Å². The molecule has 0 aromatic rings. The zero-order chi connectivity index (χ0) is 21.6. The molecule has 0 bridgehead atoms. The third-order valence-corrected chi connectivity index (χ3v) is 5.65. The lowest BCUT2D eigenvalue weighted by atomic mass is 10.0. The van der Waals surface area contributed by atoms with Gasteiger partial charge in [-0.3, -0.25) is 4.79 Å². The highest BCUT2D eigenvalue weighted by Crippen LogP contribution is 2.13. The van der Waals surface area contributed by atoms with E-state index in [0.29, 0.717) is 13.0 Å². The van der Waals surface area contributed by atoms with Gasteiger partial charge < -0.3 is 14.5 Å². The lowest BCUT2D eigenvalue weighted by Crippen LogP contribution is -2.31. The molecule has 0 fully saturated rings. The Bertz CT molecular complexity index is 348. The van der Waals surface area contributed by atoms with Crippen molar-refractivity contribution in [1.29, 1.82) is 0 Å². The van der Waals surface area contributed by atoms with Gasteiger partial charge in [-0.25, -0.2) is 0 Å². The molecule has 4 nitrogen and oxygen atoms in total. The number of carbonyl (C=O) groups is 1. The van der Waals surface area contributed by atoms with Crippen LogP contribution in [0.5, 0.6) is 0 Å². The fraction of sp³-hybridized carbons (Fsp3) is 0.960. The van der Waals surface area contributed by atoms with Crippen molar-refractivity contribution < 1.29 is 9.53 Å². The van der Waals surface area contributed by atoms with E-state index in [1.54, 1.807) is 0 Å². The minimum absolute atomic E-state index is 0.0271. The fourth-order valence-electron chi connectivity index (χ4n) is 3.51. The van der Waals surface area contributed by atoms with E-state index in [1.165, 1.54) is 83.5 Å². The van der Waals surface area contributed by atoms with Crippen LogP contribution in [0.3, 0.4) is 0 Å². The molecule has 0 saturated carbocycles. The molecule has 0 aromatic carbocycles. The summed E-state index contributed by atoms with van der Waals surface area (Å²) in [6.45, 7) is 5.65. The molecule has 29 heavy (non-hydrogen) atoms. The van der Waals surface area contributed by atoms with E-state index >= 15 is 0 Å². The molecule has 0 N–H and O–H groups in total. The maximum absolute atomic E-state index is 11.8. The Labute approximate surface area is 182 Å². The summed E-state index contributed by atoms with van der Waals surface area (Å²) < 4.78 is 5.34. The number of rotatable bonds is 22. The molecule has 4 heteroatoms. The lowest BCUT2D eigenvalue weighted by molar-refractivity contribution is -0.144. The van der Waals surface area contributed by atoms with Crippen LogP contribution in [0.2, 0.25) is 0 Å². The van der Waals surface area contributed by atoms with Gasteiger partial charge in [0.1, 0.15) is 6.61 Å². The summed E-state index contributed by atoms with van der Waals surface area (Å²) in [5, 5.41) is 0. The molecular weight excluding hydrogens is 360 g/mol. The molecule has 0 radical (unpaired) electrons. The van der Waals surface area contributed by atoms with E-state index < -0.39 is 0 Å². The molecular formula is C25H52N2O2.